The summed E-state index contributed by atoms with van der Waals surface area (Å²) in [6.45, 7) is 0.161. The molecule has 11 heteroatoms. The largest absolute Gasteiger partial charge is 0.394 e. The molecular formula is C17H23N7O4. The maximum absolute atomic E-state index is 10.3. The lowest BCUT2D eigenvalue weighted by molar-refractivity contribution is -0.0511. The summed E-state index contributed by atoms with van der Waals surface area (Å²) in [4.78, 5) is 12.6. The monoisotopic (exact) mass is 389 g/mol. The highest BCUT2D eigenvalue weighted by atomic mass is 16.6. The van der Waals surface area contributed by atoms with Crippen LogP contribution in [0.5, 0.6) is 0 Å². The third-order valence-electron chi connectivity index (χ3n) is 5.11. The van der Waals surface area contributed by atoms with E-state index in [0.29, 0.717) is 23.6 Å². The molecular weight excluding hydrogens is 366 g/mol. The first-order chi connectivity index (χ1) is 13.6. The number of hydrogen-bond donors (Lipinski definition) is 4. The number of azo groups is 1. The Hall–Kier alpha value is -2.47. The van der Waals surface area contributed by atoms with Gasteiger partial charge in [0.05, 0.1) is 19.5 Å². The van der Waals surface area contributed by atoms with E-state index in [2.05, 4.69) is 37.3 Å². The molecule has 1 aliphatic heterocycles. The number of hydrogen-bond acceptors (Lipinski definition) is 10. The van der Waals surface area contributed by atoms with Gasteiger partial charge >= 0.3 is 0 Å². The number of aliphatic hydroxyl groups is 3. The van der Waals surface area contributed by atoms with Crippen LogP contribution in [0.4, 0.5) is 11.8 Å². The maximum Gasteiger partial charge on any atom is 0.272 e. The van der Waals surface area contributed by atoms with Crippen LogP contribution in [0, 0.1) is 5.92 Å². The molecule has 3 unspecified atom stereocenters. The number of imidazole rings is 1. The quantitative estimate of drug-likeness (QED) is 0.423. The molecule has 2 aromatic rings. The first kappa shape index (κ1) is 18.9. The van der Waals surface area contributed by atoms with E-state index in [-0.39, 0.29) is 11.8 Å². The third-order valence-corrected chi connectivity index (χ3v) is 5.11. The molecule has 4 rings (SSSR count). The summed E-state index contributed by atoms with van der Waals surface area (Å²) < 4.78 is 6.99. The van der Waals surface area contributed by atoms with E-state index in [1.54, 1.807) is 0 Å². The average molecular weight is 389 g/mol. The lowest BCUT2D eigenvalue weighted by Gasteiger charge is -2.16. The Morgan fingerprint density at radius 2 is 2.11 bits per heavy atom. The van der Waals surface area contributed by atoms with Gasteiger partial charge in [-0.1, -0.05) is 12.2 Å². The second-order valence-electron chi connectivity index (χ2n) is 7.04. The summed E-state index contributed by atoms with van der Waals surface area (Å²) in [6.07, 6.45) is 4.49. The SMILES string of the molecule is Nc1nc(N=NCC2CC=CCC2)nc2c1ncn2[C@@H]1O[C@H](CO)C(O)C1O. The number of nitrogens with zero attached hydrogens (tertiary/aromatic N) is 6. The smallest absolute Gasteiger partial charge is 0.272 e. The van der Waals surface area contributed by atoms with Gasteiger partial charge in [0.25, 0.3) is 5.95 Å². The highest BCUT2D eigenvalue weighted by Crippen LogP contribution is 2.32. The number of nitrogens with two attached hydrogens (primary N) is 1. The highest BCUT2D eigenvalue weighted by molar-refractivity contribution is 5.82. The van der Waals surface area contributed by atoms with Crippen LogP contribution in [-0.2, 0) is 4.74 Å². The number of aliphatic hydroxyl groups excluding tert-OH is 3. The van der Waals surface area contributed by atoms with Gasteiger partial charge in [0.1, 0.15) is 23.8 Å². The second kappa shape index (κ2) is 7.87. The Balaban J connectivity index is 1.59. The minimum absolute atomic E-state index is 0.0878. The molecule has 0 amide bonds. The van der Waals surface area contributed by atoms with Crippen molar-refractivity contribution in [2.45, 2.75) is 43.8 Å². The van der Waals surface area contributed by atoms with E-state index in [0.717, 1.165) is 19.3 Å². The molecule has 1 saturated heterocycles. The number of fused-ring (bicyclic) bond motifs is 1. The van der Waals surface area contributed by atoms with Crippen molar-refractivity contribution in [1.29, 1.82) is 0 Å². The van der Waals surface area contributed by atoms with Gasteiger partial charge in [-0.3, -0.25) is 4.57 Å². The fraction of sp³-hybridized carbons (Fsp3) is 0.588. The number of aromatic nitrogens is 4. The molecule has 150 valence electrons. The Labute approximate surface area is 160 Å². The standard InChI is InChI=1S/C17H23N7O4/c18-14-11-15(22-17(21-14)23-20-6-9-4-2-1-3-5-9)24(8-19-11)16-13(27)12(26)10(7-25)28-16/h1-2,8-10,12-13,16,25-27H,3-7H2,(H2,18,21,22)/t9?,10-,12?,13?,16-/m1/s1. The van der Waals surface area contributed by atoms with E-state index in [4.69, 9.17) is 10.5 Å². The topological polar surface area (TPSA) is 164 Å². The predicted octanol–water partition coefficient (Wildman–Crippen LogP) is 0.460. The lowest BCUT2D eigenvalue weighted by Crippen LogP contribution is -2.33. The molecule has 11 nitrogen and oxygen atoms in total. The molecule has 5 N–H and O–H groups in total. The van der Waals surface area contributed by atoms with E-state index < -0.39 is 31.1 Å². The maximum atomic E-state index is 10.3. The molecule has 2 aliphatic rings. The lowest BCUT2D eigenvalue weighted by atomic mass is 9.95. The Morgan fingerprint density at radius 3 is 2.82 bits per heavy atom. The van der Waals surface area contributed by atoms with Crippen molar-refractivity contribution >= 4 is 22.9 Å². The van der Waals surface area contributed by atoms with Gasteiger partial charge in [0, 0.05) is 0 Å². The van der Waals surface area contributed by atoms with Gasteiger partial charge in [-0.15, -0.1) is 5.11 Å². The summed E-state index contributed by atoms with van der Waals surface area (Å²) >= 11 is 0. The highest BCUT2D eigenvalue weighted by Gasteiger charge is 2.44. The average Bonchev–Trinajstić information content (AvgIpc) is 3.24. The molecule has 0 bridgehead atoms. The van der Waals surface area contributed by atoms with Crippen molar-refractivity contribution in [1.82, 2.24) is 19.5 Å². The first-order valence-corrected chi connectivity index (χ1v) is 9.23. The van der Waals surface area contributed by atoms with Crippen LogP contribution in [-0.4, -0.2) is 66.3 Å². The Bertz CT molecular complexity index is 899. The molecule has 0 radical (unpaired) electrons. The number of allylic oxidation sites excluding steroid dienone is 2. The van der Waals surface area contributed by atoms with Crippen molar-refractivity contribution < 1.29 is 20.1 Å². The summed E-state index contributed by atoms with van der Waals surface area (Å²) in [5.41, 5.74) is 6.60. The molecule has 1 fully saturated rings. The second-order valence-corrected chi connectivity index (χ2v) is 7.04. The van der Waals surface area contributed by atoms with Crippen LogP contribution >= 0.6 is 0 Å². The van der Waals surface area contributed by atoms with Gasteiger partial charge in [-0.25, -0.2) is 4.98 Å². The van der Waals surface area contributed by atoms with E-state index >= 15 is 0 Å². The van der Waals surface area contributed by atoms with Gasteiger partial charge in [-0.05, 0) is 25.2 Å². The van der Waals surface area contributed by atoms with Crippen molar-refractivity contribution in [2.75, 3.05) is 18.9 Å². The number of rotatable bonds is 5. The van der Waals surface area contributed by atoms with Crippen LogP contribution in [0.15, 0.2) is 28.7 Å². The zero-order valence-corrected chi connectivity index (χ0v) is 15.2. The molecule has 0 saturated carbocycles. The van der Waals surface area contributed by atoms with Gasteiger partial charge in [-0.2, -0.15) is 15.1 Å². The van der Waals surface area contributed by atoms with Crippen LogP contribution in [0.3, 0.4) is 0 Å². The van der Waals surface area contributed by atoms with Crippen LogP contribution in [0.1, 0.15) is 25.5 Å². The third kappa shape index (κ3) is 3.49. The molecule has 0 spiro atoms. The number of anilines is 1. The van der Waals surface area contributed by atoms with Crippen molar-refractivity contribution in [3.05, 3.63) is 18.5 Å². The van der Waals surface area contributed by atoms with Crippen LogP contribution in [0.25, 0.3) is 11.2 Å². The Kier molecular flexibility index (Phi) is 5.31. The first-order valence-electron chi connectivity index (χ1n) is 9.23. The van der Waals surface area contributed by atoms with Crippen molar-refractivity contribution in [3.63, 3.8) is 0 Å². The van der Waals surface area contributed by atoms with Crippen molar-refractivity contribution in [3.8, 4) is 0 Å². The molecule has 28 heavy (non-hydrogen) atoms. The molecule has 0 aromatic carbocycles. The predicted molar refractivity (Wildman–Crippen MR) is 98.6 cm³/mol. The fourth-order valence-corrected chi connectivity index (χ4v) is 3.51. The zero-order valence-electron chi connectivity index (χ0n) is 15.2. The summed E-state index contributed by atoms with van der Waals surface area (Å²) in [7, 11) is 0. The Morgan fingerprint density at radius 1 is 1.25 bits per heavy atom. The number of nitrogen functional groups attached to an aromatic ring is 1. The zero-order chi connectivity index (χ0) is 19.7. The summed E-state index contributed by atoms with van der Waals surface area (Å²) in [5, 5.41) is 37.8. The van der Waals surface area contributed by atoms with Gasteiger partial charge < -0.3 is 25.8 Å². The van der Waals surface area contributed by atoms with Crippen LogP contribution < -0.4 is 5.73 Å². The van der Waals surface area contributed by atoms with Crippen molar-refractivity contribution in [2.24, 2.45) is 16.1 Å². The van der Waals surface area contributed by atoms with Gasteiger partial charge in [0.15, 0.2) is 17.7 Å². The minimum Gasteiger partial charge on any atom is -0.394 e. The summed E-state index contributed by atoms with van der Waals surface area (Å²) in [5.74, 6) is 0.675. The van der Waals surface area contributed by atoms with Gasteiger partial charge in [0.2, 0.25) is 0 Å². The van der Waals surface area contributed by atoms with E-state index in [9.17, 15) is 15.3 Å². The summed E-state index contributed by atoms with van der Waals surface area (Å²) in [6, 6.07) is 0. The van der Waals surface area contributed by atoms with E-state index in [1.807, 2.05) is 0 Å². The molecule has 2 aromatic heterocycles. The molecule has 1 aliphatic carbocycles. The molecule has 5 atom stereocenters. The van der Waals surface area contributed by atoms with Crippen LogP contribution in [0.2, 0.25) is 0 Å². The normalized spacial score (nSPS) is 30.6. The molecule has 3 heterocycles. The van der Waals surface area contributed by atoms with E-state index in [1.165, 1.54) is 10.9 Å². The number of ether oxygens (including phenoxy) is 1. The minimum atomic E-state index is -1.25. The fourth-order valence-electron chi connectivity index (χ4n) is 3.51.